The van der Waals surface area contributed by atoms with E-state index in [4.69, 9.17) is 25.8 Å². The van der Waals surface area contributed by atoms with Gasteiger partial charge in [0.2, 0.25) is 0 Å². The van der Waals surface area contributed by atoms with E-state index in [9.17, 15) is 0 Å². The molecule has 1 aliphatic rings. The van der Waals surface area contributed by atoms with Crippen LogP contribution < -0.4 is 9.47 Å². The molecule has 1 aliphatic heterocycles. The van der Waals surface area contributed by atoms with E-state index in [1.54, 1.807) is 13.2 Å². The minimum Gasteiger partial charge on any atom is -0.486 e. The molecule has 0 radical (unpaired) electrons. The number of ether oxygens (including phenoxy) is 3. The Kier molecular flexibility index (Phi) is 4.84. The van der Waals surface area contributed by atoms with Crippen molar-refractivity contribution in [3.8, 4) is 11.5 Å². The van der Waals surface area contributed by atoms with Crippen LogP contribution in [0, 0.1) is 0 Å². The summed E-state index contributed by atoms with van der Waals surface area (Å²) in [6, 6.07) is 3.67. The third-order valence-electron chi connectivity index (χ3n) is 2.77. The molecule has 0 fully saturated rings. The molecule has 0 bridgehead atoms. The van der Waals surface area contributed by atoms with Gasteiger partial charge in [0, 0.05) is 24.5 Å². The van der Waals surface area contributed by atoms with Crippen molar-refractivity contribution < 1.29 is 14.2 Å². The van der Waals surface area contributed by atoms with Crippen molar-refractivity contribution >= 4 is 34.9 Å². The number of methoxy groups -OCH3 is 1. The average molecular weight is 345 g/mol. The van der Waals surface area contributed by atoms with Crippen LogP contribution in [-0.2, 0) is 11.2 Å². The third kappa shape index (κ3) is 3.60. The molecule has 21 heavy (non-hydrogen) atoms. The maximum Gasteiger partial charge on any atom is 0.174 e. The second-order valence-electron chi connectivity index (χ2n) is 4.25. The molecule has 1 aromatic carbocycles. The molecule has 8 heteroatoms. The molecule has 112 valence electrons. The van der Waals surface area contributed by atoms with E-state index in [-0.39, 0.29) is 0 Å². The van der Waals surface area contributed by atoms with Crippen LogP contribution in [0.1, 0.15) is 5.82 Å². The van der Waals surface area contributed by atoms with Gasteiger partial charge in [-0.3, -0.25) is 0 Å². The Bertz CT molecular complexity index is 636. The number of nitrogens with zero attached hydrogens (tertiary/aromatic N) is 2. The summed E-state index contributed by atoms with van der Waals surface area (Å²) in [5, 5.41) is 0.623. The first-order valence-electron chi connectivity index (χ1n) is 6.35. The molecular weight excluding hydrogens is 332 g/mol. The zero-order chi connectivity index (χ0) is 14.7. The van der Waals surface area contributed by atoms with Gasteiger partial charge in [-0.2, -0.15) is 4.37 Å². The first-order valence-corrected chi connectivity index (χ1v) is 8.31. The summed E-state index contributed by atoms with van der Waals surface area (Å²) in [7, 11) is 1.66. The Hall–Kier alpha value is -1.02. The van der Waals surface area contributed by atoms with E-state index in [2.05, 4.69) is 9.36 Å². The minimum atomic E-state index is 0.551. The van der Waals surface area contributed by atoms with Gasteiger partial charge in [-0.1, -0.05) is 23.4 Å². The molecule has 5 nitrogen and oxygen atoms in total. The van der Waals surface area contributed by atoms with Crippen LogP contribution in [0.3, 0.4) is 0 Å². The van der Waals surface area contributed by atoms with Gasteiger partial charge >= 0.3 is 0 Å². The molecular formula is C13H13ClN2O3S2. The minimum absolute atomic E-state index is 0.551. The van der Waals surface area contributed by atoms with Gasteiger partial charge in [0.05, 0.1) is 11.6 Å². The second kappa shape index (κ2) is 6.83. The monoisotopic (exact) mass is 344 g/mol. The normalized spacial score (nSPS) is 13.4. The van der Waals surface area contributed by atoms with Gasteiger partial charge in [0.15, 0.2) is 15.8 Å². The van der Waals surface area contributed by atoms with Crippen molar-refractivity contribution in [2.45, 2.75) is 15.7 Å². The molecule has 0 spiro atoms. The Morgan fingerprint density at radius 2 is 2.10 bits per heavy atom. The van der Waals surface area contributed by atoms with Crippen LogP contribution in [0.25, 0.3) is 0 Å². The quantitative estimate of drug-likeness (QED) is 0.829. The van der Waals surface area contributed by atoms with Gasteiger partial charge in [-0.25, -0.2) is 4.98 Å². The van der Waals surface area contributed by atoms with E-state index < -0.39 is 0 Å². The van der Waals surface area contributed by atoms with Crippen molar-refractivity contribution in [1.82, 2.24) is 9.36 Å². The Labute approximate surface area is 135 Å². The molecule has 0 saturated carbocycles. The predicted octanol–water partition coefficient (Wildman–Crippen LogP) is 3.30. The molecule has 0 N–H and O–H groups in total. The number of hydrogen-bond donors (Lipinski definition) is 0. The smallest absolute Gasteiger partial charge is 0.174 e. The molecule has 2 heterocycles. The van der Waals surface area contributed by atoms with Crippen LogP contribution in [-0.4, -0.2) is 36.3 Å². The summed E-state index contributed by atoms with van der Waals surface area (Å²) in [6.07, 6.45) is 0.711. The van der Waals surface area contributed by atoms with E-state index in [0.29, 0.717) is 37.0 Å². The lowest BCUT2D eigenvalue weighted by molar-refractivity contribution is 0.171. The first-order chi connectivity index (χ1) is 10.3. The largest absolute Gasteiger partial charge is 0.486 e. The van der Waals surface area contributed by atoms with Gasteiger partial charge in [-0.15, -0.1) is 0 Å². The van der Waals surface area contributed by atoms with Crippen LogP contribution >= 0.6 is 34.9 Å². The molecule has 0 unspecified atom stereocenters. The Morgan fingerprint density at radius 3 is 2.86 bits per heavy atom. The van der Waals surface area contributed by atoms with Gasteiger partial charge < -0.3 is 14.2 Å². The summed E-state index contributed by atoms with van der Waals surface area (Å²) in [4.78, 5) is 5.34. The first kappa shape index (κ1) is 14.9. The maximum absolute atomic E-state index is 6.28. The van der Waals surface area contributed by atoms with E-state index >= 15 is 0 Å². The lowest BCUT2D eigenvalue weighted by Gasteiger charge is -2.19. The molecule has 0 saturated heterocycles. The fraction of sp³-hybridized carbons (Fsp3) is 0.385. The second-order valence-corrected chi connectivity index (χ2v) is 6.70. The Morgan fingerprint density at radius 1 is 1.33 bits per heavy atom. The highest BCUT2D eigenvalue weighted by Gasteiger charge is 2.17. The van der Waals surface area contributed by atoms with Crippen molar-refractivity contribution in [2.75, 3.05) is 26.9 Å². The number of fused-ring (bicyclic) bond motifs is 1. The molecule has 1 aromatic heterocycles. The summed E-state index contributed by atoms with van der Waals surface area (Å²) in [5.41, 5.74) is 0. The predicted molar refractivity (Wildman–Crippen MR) is 82.1 cm³/mol. The van der Waals surface area contributed by atoms with Gasteiger partial charge in [-0.05, 0) is 17.6 Å². The third-order valence-corrected chi connectivity index (χ3v) is 5.04. The van der Waals surface area contributed by atoms with Gasteiger partial charge in [0.1, 0.15) is 19.0 Å². The van der Waals surface area contributed by atoms with Crippen molar-refractivity contribution in [3.63, 3.8) is 0 Å². The fourth-order valence-electron chi connectivity index (χ4n) is 1.79. The molecule has 2 aromatic rings. The van der Waals surface area contributed by atoms with E-state index in [1.807, 2.05) is 6.07 Å². The molecule has 0 atom stereocenters. The van der Waals surface area contributed by atoms with Crippen LogP contribution in [0.15, 0.2) is 21.4 Å². The average Bonchev–Trinajstić information content (AvgIpc) is 2.93. The molecule has 0 aliphatic carbocycles. The standard InChI is InChI=1S/C13H13ClN2O3S2/c1-17-3-2-12-15-13(21-16-12)20-11-7-10-9(6-8(11)14)18-4-5-19-10/h6-7H,2-5H2,1H3. The number of halogens is 1. The highest BCUT2D eigenvalue weighted by molar-refractivity contribution is 8.01. The lowest BCUT2D eigenvalue weighted by atomic mass is 10.3. The summed E-state index contributed by atoms with van der Waals surface area (Å²) in [6.45, 7) is 1.72. The summed E-state index contributed by atoms with van der Waals surface area (Å²) < 4.78 is 21.2. The Balaban J connectivity index is 1.76. The lowest BCUT2D eigenvalue weighted by Crippen LogP contribution is -2.15. The zero-order valence-electron chi connectivity index (χ0n) is 11.3. The van der Waals surface area contributed by atoms with E-state index in [0.717, 1.165) is 20.8 Å². The van der Waals surface area contributed by atoms with Crippen LogP contribution in [0.4, 0.5) is 0 Å². The highest BCUT2D eigenvalue weighted by Crippen LogP contribution is 2.42. The number of hydrogen-bond acceptors (Lipinski definition) is 7. The zero-order valence-corrected chi connectivity index (χ0v) is 13.7. The van der Waals surface area contributed by atoms with E-state index in [1.165, 1.54) is 23.3 Å². The summed E-state index contributed by atoms with van der Waals surface area (Å²) >= 11 is 9.12. The van der Waals surface area contributed by atoms with Crippen LogP contribution in [0.5, 0.6) is 11.5 Å². The number of benzene rings is 1. The van der Waals surface area contributed by atoms with Crippen molar-refractivity contribution in [2.24, 2.45) is 0 Å². The maximum atomic E-state index is 6.28. The van der Waals surface area contributed by atoms with Gasteiger partial charge in [0.25, 0.3) is 0 Å². The highest BCUT2D eigenvalue weighted by atomic mass is 35.5. The SMILES string of the molecule is COCCc1nsc(Sc2cc3c(cc2Cl)OCCO3)n1. The van der Waals surface area contributed by atoms with Crippen molar-refractivity contribution in [1.29, 1.82) is 0 Å². The molecule has 0 amide bonds. The topological polar surface area (TPSA) is 53.5 Å². The number of aromatic nitrogens is 2. The summed E-state index contributed by atoms with van der Waals surface area (Å²) in [5.74, 6) is 2.20. The van der Waals surface area contributed by atoms with Crippen molar-refractivity contribution in [3.05, 3.63) is 23.0 Å². The van der Waals surface area contributed by atoms with Crippen LogP contribution in [0.2, 0.25) is 5.02 Å². The molecule has 3 rings (SSSR count). The number of rotatable bonds is 5. The fourth-order valence-corrected chi connectivity index (χ4v) is 3.71.